The molecule has 0 radical (unpaired) electrons. The van der Waals surface area contributed by atoms with Crippen LogP contribution in [0.3, 0.4) is 0 Å². The molecule has 1 aliphatic heterocycles. The first-order valence-electron chi connectivity index (χ1n) is 13.3. The molecule has 3 aliphatic carbocycles. The number of ketones is 1. The Hall–Kier alpha value is -3.36. The quantitative estimate of drug-likeness (QED) is 0.584. The Bertz CT molecular complexity index is 1350. The first-order valence-corrected chi connectivity index (χ1v) is 13.3. The molecule has 2 aromatic rings. The molecule has 1 unspecified atom stereocenters. The van der Waals surface area contributed by atoms with E-state index in [0.29, 0.717) is 19.3 Å². The summed E-state index contributed by atoms with van der Waals surface area (Å²) in [5.41, 5.74) is 5.38. The van der Waals surface area contributed by atoms with E-state index < -0.39 is 11.0 Å². The van der Waals surface area contributed by atoms with Crippen LogP contribution < -0.4 is 4.90 Å². The minimum atomic E-state index is -1.12. The van der Waals surface area contributed by atoms with E-state index in [1.54, 1.807) is 12.4 Å². The van der Waals surface area contributed by atoms with Crippen LogP contribution in [0.4, 0.5) is 5.69 Å². The van der Waals surface area contributed by atoms with Gasteiger partial charge in [0.1, 0.15) is 17.5 Å². The largest absolute Gasteiger partial charge is 0.493 e. The fraction of sp³-hybridized carbons (Fsp3) is 0.438. The zero-order valence-corrected chi connectivity index (χ0v) is 21.8. The van der Waals surface area contributed by atoms with E-state index in [0.717, 1.165) is 36.1 Å². The summed E-state index contributed by atoms with van der Waals surface area (Å²) in [6.07, 6.45) is 9.30. The third-order valence-electron chi connectivity index (χ3n) is 9.30. The first-order chi connectivity index (χ1) is 17.8. The van der Waals surface area contributed by atoms with Gasteiger partial charge in [0.2, 0.25) is 0 Å². The van der Waals surface area contributed by atoms with Gasteiger partial charge in [0.15, 0.2) is 0 Å². The summed E-state index contributed by atoms with van der Waals surface area (Å²) in [4.78, 5) is 18.5. The van der Waals surface area contributed by atoms with Crippen LogP contribution in [0.2, 0.25) is 0 Å². The predicted octanol–water partition coefficient (Wildman–Crippen LogP) is 5.17. The Morgan fingerprint density at radius 3 is 2.59 bits per heavy atom. The zero-order valence-electron chi connectivity index (χ0n) is 21.8. The average molecular weight is 495 g/mol. The van der Waals surface area contributed by atoms with Crippen molar-refractivity contribution in [3.05, 3.63) is 82.9 Å². The molecule has 1 aromatic carbocycles. The number of fused-ring (bicyclic) bond motifs is 4. The van der Waals surface area contributed by atoms with Crippen LogP contribution in [0.15, 0.2) is 71.8 Å². The van der Waals surface area contributed by atoms with E-state index in [2.05, 4.69) is 52.9 Å². The number of anilines is 1. The van der Waals surface area contributed by atoms with E-state index in [9.17, 15) is 9.90 Å². The maximum Gasteiger partial charge on any atom is 0.137 e. The molecule has 5 nitrogen and oxygen atoms in total. The van der Waals surface area contributed by atoms with Crippen LogP contribution in [0, 0.1) is 23.2 Å². The second kappa shape index (κ2) is 8.89. The molecule has 1 aromatic heterocycles. The third kappa shape index (κ3) is 3.90. The van der Waals surface area contributed by atoms with Crippen LogP contribution in [0.5, 0.6) is 0 Å². The van der Waals surface area contributed by atoms with E-state index >= 15 is 0 Å². The normalized spacial score (nSPS) is 32.3. The highest BCUT2D eigenvalue weighted by Crippen LogP contribution is 2.64. The molecule has 2 heterocycles. The molecule has 6 rings (SSSR count). The van der Waals surface area contributed by atoms with Gasteiger partial charge in [-0.05, 0) is 72.2 Å². The number of hydrogen-bond acceptors (Lipinski definition) is 5. The lowest BCUT2D eigenvalue weighted by atomic mass is 9.55. The summed E-state index contributed by atoms with van der Waals surface area (Å²) in [5, 5.41) is 12.1. The zero-order chi connectivity index (χ0) is 25.8. The fourth-order valence-corrected chi connectivity index (χ4v) is 7.13. The fourth-order valence-electron chi connectivity index (χ4n) is 7.13. The second-order valence-corrected chi connectivity index (χ2v) is 11.5. The molecule has 37 heavy (non-hydrogen) atoms. The number of aliphatic hydroxyl groups is 1. The lowest BCUT2D eigenvalue weighted by Gasteiger charge is -2.52. The number of Topliss-reactive ketones (excluding diaryl/α,β-unsaturated/α-hetero) is 1. The summed E-state index contributed by atoms with van der Waals surface area (Å²) < 4.78 is 6.50. The molecule has 0 bridgehead atoms. The molecule has 5 atom stereocenters. The Balaban J connectivity index is 1.45. The van der Waals surface area contributed by atoms with Crippen LogP contribution >= 0.6 is 0 Å². The molecule has 3 fully saturated rings. The number of pyridine rings is 1. The number of aromatic nitrogens is 1. The number of hydrogen-bond donors (Lipinski definition) is 1. The van der Waals surface area contributed by atoms with Gasteiger partial charge in [0.05, 0.1) is 6.26 Å². The summed E-state index contributed by atoms with van der Waals surface area (Å²) in [7, 11) is 4.10. The molecular weight excluding hydrogens is 460 g/mol. The van der Waals surface area contributed by atoms with E-state index in [4.69, 9.17) is 4.74 Å². The number of allylic oxidation sites excluding steroid dienone is 2. The third-order valence-corrected chi connectivity index (χ3v) is 9.30. The van der Waals surface area contributed by atoms with Crippen molar-refractivity contribution in [2.45, 2.75) is 63.1 Å². The van der Waals surface area contributed by atoms with Gasteiger partial charge >= 0.3 is 0 Å². The topological polar surface area (TPSA) is 62.7 Å². The van der Waals surface area contributed by atoms with Crippen LogP contribution in [-0.2, 0) is 9.53 Å². The monoisotopic (exact) mass is 494 g/mol. The summed E-state index contributed by atoms with van der Waals surface area (Å²) in [6, 6.07) is 12.5. The Morgan fingerprint density at radius 2 is 1.86 bits per heavy atom. The number of carbonyl (C=O) groups is 1. The van der Waals surface area contributed by atoms with E-state index in [1.807, 2.05) is 32.5 Å². The highest BCUT2D eigenvalue weighted by atomic mass is 16.5. The Kier molecular flexibility index (Phi) is 5.76. The smallest absolute Gasteiger partial charge is 0.137 e. The number of ether oxygens (including phenoxy) is 1. The van der Waals surface area contributed by atoms with Crippen molar-refractivity contribution in [2.75, 3.05) is 19.0 Å². The van der Waals surface area contributed by atoms with E-state index in [1.165, 1.54) is 16.7 Å². The molecule has 0 spiro atoms. The van der Waals surface area contributed by atoms with Crippen molar-refractivity contribution >= 4 is 11.5 Å². The van der Waals surface area contributed by atoms with Gasteiger partial charge in [0, 0.05) is 67.8 Å². The lowest BCUT2D eigenvalue weighted by Crippen LogP contribution is -2.53. The average Bonchev–Trinajstić information content (AvgIpc) is 3.17. The molecule has 5 heteroatoms. The summed E-state index contributed by atoms with van der Waals surface area (Å²) >= 11 is 0. The minimum absolute atomic E-state index is 0.0988. The van der Waals surface area contributed by atoms with Crippen LogP contribution in [0.1, 0.15) is 62.5 Å². The van der Waals surface area contributed by atoms with Crippen molar-refractivity contribution in [1.29, 1.82) is 0 Å². The van der Waals surface area contributed by atoms with Gasteiger partial charge in [-0.15, -0.1) is 0 Å². The van der Waals surface area contributed by atoms with Gasteiger partial charge in [-0.25, -0.2) is 0 Å². The van der Waals surface area contributed by atoms with Gasteiger partial charge in [-0.3, -0.25) is 9.78 Å². The predicted molar refractivity (Wildman–Crippen MR) is 144 cm³/mol. The standard InChI is InChI=1S/C32H34N2O3/c1-31-19-27(22-4-6-24(7-5-22)34(2)3)29-26-9-8-25(35)18-23(26)20-37-30(29)28(31)11-15-32(31,36)14-10-21-12-16-33-17-13-21/h4-7,12-13,16-17,20,27-28,30,36H,8-9,11,15,18-19H2,1-3H3/t27?,28-,30-,31-,32-/m0/s1. The van der Waals surface area contributed by atoms with Crippen molar-refractivity contribution in [3.8, 4) is 11.8 Å². The summed E-state index contributed by atoms with van der Waals surface area (Å²) in [5.74, 6) is 7.08. The maximum atomic E-state index is 12.3. The summed E-state index contributed by atoms with van der Waals surface area (Å²) in [6.45, 7) is 2.21. The SMILES string of the molecule is CN(C)c1ccc(C2C[C@@]3(C)[C@@H](CC[C@@]3(O)C#Cc3ccncc3)[C@@H]3OC=C4CC(=O)CCC4=C23)cc1. The van der Waals surface area contributed by atoms with Crippen molar-refractivity contribution in [2.24, 2.45) is 11.3 Å². The van der Waals surface area contributed by atoms with E-state index in [-0.39, 0.29) is 23.7 Å². The minimum Gasteiger partial charge on any atom is -0.493 e. The molecular formula is C32H34N2O3. The number of benzene rings is 1. The van der Waals surface area contributed by atoms with Crippen molar-refractivity contribution < 1.29 is 14.6 Å². The van der Waals surface area contributed by atoms with Gasteiger partial charge < -0.3 is 14.7 Å². The highest BCUT2D eigenvalue weighted by Gasteiger charge is 2.63. The molecule has 3 saturated carbocycles. The van der Waals surface area contributed by atoms with Gasteiger partial charge in [-0.1, -0.05) is 30.9 Å². The molecule has 4 aliphatic rings. The number of carbonyl (C=O) groups excluding carboxylic acids is 1. The van der Waals surface area contributed by atoms with Crippen molar-refractivity contribution in [1.82, 2.24) is 4.98 Å². The first kappa shape index (κ1) is 24.0. The Morgan fingerprint density at radius 1 is 1.11 bits per heavy atom. The van der Waals surface area contributed by atoms with Crippen LogP contribution in [0.25, 0.3) is 0 Å². The molecule has 190 valence electrons. The Labute approximate surface area is 219 Å². The lowest BCUT2D eigenvalue weighted by molar-refractivity contribution is -0.119. The molecule has 0 saturated heterocycles. The van der Waals surface area contributed by atoms with Crippen molar-refractivity contribution in [3.63, 3.8) is 0 Å². The maximum absolute atomic E-state index is 12.3. The highest BCUT2D eigenvalue weighted by molar-refractivity contribution is 5.84. The molecule has 0 amide bonds. The van der Waals surface area contributed by atoms with Gasteiger partial charge in [0.25, 0.3) is 0 Å². The second-order valence-electron chi connectivity index (χ2n) is 11.5. The number of rotatable bonds is 2. The van der Waals surface area contributed by atoms with Gasteiger partial charge in [-0.2, -0.15) is 0 Å². The number of nitrogens with zero attached hydrogens (tertiary/aromatic N) is 2. The molecule has 1 N–H and O–H groups in total. The van der Waals surface area contributed by atoms with Crippen LogP contribution in [-0.4, -0.2) is 41.7 Å².